The molecule has 6 rings (SSSR count). The van der Waals surface area contributed by atoms with Gasteiger partial charge in [0.05, 0.1) is 13.0 Å². The zero-order chi connectivity index (χ0) is 48.0. The van der Waals surface area contributed by atoms with Crippen molar-refractivity contribution in [3.05, 3.63) is 95.8 Å². The molecule has 20 nitrogen and oxygen atoms in total. The molecule has 352 valence electrons. The molecule has 0 aliphatic carbocycles. The smallest absolute Gasteiger partial charge is 0.508 e. The molecule has 3 aliphatic heterocycles. The van der Waals surface area contributed by atoms with Crippen LogP contribution < -0.4 is 43.0 Å². The summed E-state index contributed by atoms with van der Waals surface area (Å²) in [6.07, 6.45) is 5.69. The molecule has 0 unspecified atom stereocenters. The molecule has 1 fully saturated rings. The molecule has 0 radical (unpaired) electrons. The van der Waals surface area contributed by atoms with Crippen LogP contribution in [0.25, 0.3) is 17.3 Å². The maximum atomic E-state index is 16.3. The highest BCUT2D eigenvalue weighted by Crippen LogP contribution is 2.31. The van der Waals surface area contributed by atoms with E-state index < -0.39 is 79.9 Å². The van der Waals surface area contributed by atoms with E-state index in [1.807, 2.05) is 54.6 Å². The van der Waals surface area contributed by atoms with Gasteiger partial charge >= 0.3 is 13.2 Å². The fourth-order valence-corrected chi connectivity index (χ4v) is 7.93. The second kappa shape index (κ2) is 22.9. The summed E-state index contributed by atoms with van der Waals surface area (Å²) < 4.78 is 19.4. The van der Waals surface area contributed by atoms with Gasteiger partial charge in [0, 0.05) is 62.0 Å². The number of aliphatic carboxylic acids is 1. The zero-order valence-electron chi connectivity index (χ0n) is 36.6. The lowest BCUT2D eigenvalue weighted by Crippen LogP contribution is -2.58. The average molecular weight is 923 g/mol. The molecule has 4 atom stereocenters. The normalized spacial score (nSPS) is 19.9. The number of fused-ring (bicyclic) bond motifs is 2. The quantitative estimate of drug-likeness (QED) is 0.0375. The number of aromatic hydroxyl groups is 1. The molecule has 0 saturated carbocycles. The van der Waals surface area contributed by atoms with E-state index in [1.165, 1.54) is 24.3 Å². The first-order valence-corrected chi connectivity index (χ1v) is 21.9. The van der Waals surface area contributed by atoms with Gasteiger partial charge in [-0.2, -0.15) is 0 Å². The van der Waals surface area contributed by atoms with Crippen molar-refractivity contribution < 1.29 is 52.6 Å². The Morgan fingerprint density at radius 2 is 1.46 bits per heavy atom. The molecule has 1 aromatic heterocycles. The number of hydrogen-bond donors (Lipinski definition) is 11. The van der Waals surface area contributed by atoms with Crippen molar-refractivity contribution in [2.45, 2.75) is 82.0 Å². The number of phenolic OH excluding ortho intramolecular Hbond substituents is 1. The number of hydrogen-bond acceptors (Lipinski definition) is 9. The van der Waals surface area contributed by atoms with Crippen LogP contribution in [0.2, 0.25) is 0 Å². The Balaban J connectivity index is 1.12. The highest BCUT2D eigenvalue weighted by Gasteiger charge is 2.47. The second-order valence-corrected chi connectivity index (χ2v) is 16.3. The number of carbonyl (C=O) groups excluding carboxylic acids is 6. The topological polar surface area (TPSA) is 302 Å². The van der Waals surface area contributed by atoms with Crippen LogP contribution in [-0.4, -0.2) is 123 Å². The molecule has 3 aromatic rings. The van der Waals surface area contributed by atoms with Crippen molar-refractivity contribution in [3.63, 3.8) is 0 Å². The van der Waals surface area contributed by atoms with E-state index >= 15 is 4.32 Å². The fraction of sp³-hybridized carbons (Fsp3) is 0.356. The molecular weight excluding hydrogens is 868 g/mol. The minimum atomic E-state index is -1.66. The maximum absolute atomic E-state index is 16.3. The summed E-state index contributed by atoms with van der Waals surface area (Å²) in [5, 5.41) is 44.7. The van der Waals surface area contributed by atoms with Gasteiger partial charge in [-0.05, 0) is 67.5 Å². The number of allylic oxidation sites excluding steroid dienone is 2. The van der Waals surface area contributed by atoms with E-state index in [9.17, 15) is 43.8 Å². The minimum Gasteiger partial charge on any atom is -0.508 e. The average Bonchev–Trinajstić information content (AvgIpc) is 3.92. The monoisotopic (exact) mass is 922 g/mol. The molecule has 4 heterocycles. The van der Waals surface area contributed by atoms with Crippen molar-refractivity contribution in [1.82, 2.24) is 41.7 Å². The van der Waals surface area contributed by atoms with Crippen molar-refractivity contribution in [2.24, 2.45) is 5.73 Å². The number of halogens is 1. The molecule has 22 heteroatoms. The van der Waals surface area contributed by atoms with E-state index in [1.54, 1.807) is 15.0 Å². The number of guanidine groups is 1. The number of nitrogens with zero attached hydrogens (tertiary/aromatic N) is 2. The number of nitrogens with one attached hydrogen (secondary N) is 8. The molecule has 67 heavy (non-hydrogen) atoms. The number of carboxylic acid groups (broad SMARTS) is 1. The van der Waals surface area contributed by atoms with Crippen LogP contribution in [0, 0.1) is 5.41 Å². The molecule has 3 aliphatic rings. The largest absolute Gasteiger partial charge is 0.846 e. The highest BCUT2D eigenvalue weighted by molar-refractivity contribution is 6.44. The maximum Gasteiger partial charge on any atom is 0.846 e. The molecule has 6 amide bonds. The SMILES string of the molecule is N=C(N)NCCC[C@@H]1NC(=O)[C@H](CCCCNC(=O)CCC2=[N+]3B(F)n4c(ccc4-c4ccccc4)C=C3C=C2)NC(=O)[C@@H](Cc2ccc(O)cc2)NC(=O)[C@H](CC(=O)O)NC(=O)CNC1=O. The molecule has 0 bridgehead atoms. The lowest BCUT2D eigenvalue weighted by Gasteiger charge is -2.26. The van der Waals surface area contributed by atoms with Crippen LogP contribution in [-0.2, 0) is 40.0 Å². The first-order valence-electron chi connectivity index (χ1n) is 21.9. The number of unbranched alkanes of at least 4 members (excludes halogenated alkanes) is 1. The Morgan fingerprint density at radius 1 is 0.806 bits per heavy atom. The second-order valence-electron chi connectivity index (χ2n) is 16.3. The van der Waals surface area contributed by atoms with E-state index in [2.05, 4.69) is 37.2 Å². The van der Waals surface area contributed by atoms with Crippen LogP contribution in [0.1, 0.15) is 62.6 Å². The molecule has 1 saturated heterocycles. The number of amides is 6. The number of carbonyl (C=O) groups is 7. The summed E-state index contributed by atoms with van der Waals surface area (Å²) in [5.74, 6) is -6.42. The van der Waals surface area contributed by atoms with Crippen LogP contribution in [0.15, 0.2) is 84.6 Å². The molecule has 2 aromatic carbocycles. The summed E-state index contributed by atoms with van der Waals surface area (Å²) in [6.45, 7) is -0.325. The standard InChI is InChI=1S/C45H53BFN11O9/c47-46-57-29(13-14-30(57)24-31-15-19-37(58(31)46)28-7-2-1-3-8-28)16-20-38(60)50-21-5-4-9-34-42(65)54-33(10-6-22-51-45(48)49)41(64)52-26-39(61)53-36(25-40(62)63)44(67)56-35(43(66)55-34)23-27-11-17-32(59)18-12-27/h1-3,7-8,11-15,17-19,24,33-36H,4-6,9-10,16,20-23,25-26H2,(H11-,48,49,50,51,52,53,54,55,56,59,60,61,62,63,64,65,66,67)/p+1/t33-,34-,35+,36-/m0/s1. The van der Waals surface area contributed by atoms with Crippen LogP contribution >= 0.6 is 0 Å². The van der Waals surface area contributed by atoms with Gasteiger partial charge in [0.15, 0.2) is 17.4 Å². The summed E-state index contributed by atoms with van der Waals surface area (Å²) in [4.78, 5) is 92.7. The van der Waals surface area contributed by atoms with Gasteiger partial charge in [-0.25, -0.2) is 8.80 Å². The summed E-state index contributed by atoms with van der Waals surface area (Å²) in [7, 11) is -1.52. The summed E-state index contributed by atoms with van der Waals surface area (Å²) >= 11 is 0. The van der Waals surface area contributed by atoms with Crippen molar-refractivity contribution >= 4 is 66.4 Å². The summed E-state index contributed by atoms with van der Waals surface area (Å²) in [5.41, 5.74) is 9.50. The van der Waals surface area contributed by atoms with E-state index in [0.717, 1.165) is 17.0 Å². The highest BCUT2D eigenvalue weighted by atomic mass is 19.1. The minimum absolute atomic E-state index is 0.00621. The Labute approximate surface area is 385 Å². The Morgan fingerprint density at radius 3 is 2.18 bits per heavy atom. The van der Waals surface area contributed by atoms with Gasteiger partial charge in [0.2, 0.25) is 35.4 Å². The third kappa shape index (κ3) is 13.4. The Hall–Kier alpha value is -7.78. The van der Waals surface area contributed by atoms with Gasteiger partial charge in [-0.3, -0.25) is 43.4 Å². The Kier molecular flexibility index (Phi) is 16.6. The number of carboxylic acids is 1. The van der Waals surface area contributed by atoms with Gasteiger partial charge in [-0.15, -0.1) is 0 Å². The summed E-state index contributed by atoms with van der Waals surface area (Å²) in [6, 6.07) is 13.4. The first-order chi connectivity index (χ1) is 32.2. The van der Waals surface area contributed by atoms with Crippen LogP contribution in [0.5, 0.6) is 5.75 Å². The van der Waals surface area contributed by atoms with E-state index in [4.69, 9.17) is 11.1 Å². The fourth-order valence-electron chi connectivity index (χ4n) is 7.93. The number of phenols is 1. The first kappa shape index (κ1) is 48.7. The van der Waals surface area contributed by atoms with Gasteiger partial charge < -0.3 is 53.2 Å². The van der Waals surface area contributed by atoms with Crippen molar-refractivity contribution in [1.29, 1.82) is 5.41 Å². The van der Waals surface area contributed by atoms with Gasteiger partial charge in [0.1, 0.15) is 29.9 Å². The van der Waals surface area contributed by atoms with Crippen LogP contribution in [0.4, 0.5) is 4.32 Å². The zero-order valence-corrected chi connectivity index (χ0v) is 36.6. The predicted molar refractivity (Wildman–Crippen MR) is 245 cm³/mol. The predicted octanol–water partition coefficient (Wildman–Crippen LogP) is 0.157. The Bertz CT molecular complexity index is 2460. The number of rotatable bonds is 17. The number of nitrogens with two attached hydrogens (primary N) is 1. The van der Waals surface area contributed by atoms with E-state index in [-0.39, 0.29) is 75.7 Å². The van der Waals surface area contributed by atoms with Crippen molar-refractivity contribution in [3.8, 4) is 17.0 Å². The van der Waals surface area contributed by atoms with Crippen molar-refractivity contribution in [2.75, 3.05) is 19.6 Å². The third-order valence-corrected chi connectivity index (χ3v) is 11.3. The number of benzene rings is 2. The molecule has 12 N–H and O–H groups in total. The van der Waals surface area contributed by atoms with Gasteiger partial charge in [0.25, 0.3) is 0 Å². The lowest BCUT2D eigenvalue weighted by atomic mass is 9.95. The van der Waals surface area contributed by atoms with E-state index in [0.29, 0.717) is 23.4 Å². The number of aromatic nitrogens is 1. The lowest BCUT2D eigenvalue weighted by molar-refractivity contribution is -0.335. The van der Waals surface area contributed by atoms with Gasteiger partial charge in [-0.1, -0.05) is 42.5 Å². The molecular formula is C45H54BFN11O9+. The third-order valence-electron chi connectivity index (χ3n) is 11.3. The molecule has 0 spiro atoms. The van der Waals surface area contributed by atoms with Crippen LogP contribution in [0.3, 0.4) is 0 Å².